The Bertz CT molecular complexity index is 530. The van der Waals surface area contributed by atoms with E-state index in [2.05, 4.69) is 0 Å². The molecule has 0 aliphatic heterocycles. The highest BCUT2D eigenvalue weighted by molar-refractivity contribution is 5.37. The third-order valence-electron chi connectivity index (χ3n) is 3.01. The van der Waals surface area contributed by atoms with Crippen LogP contribution in [0.3, 0.4) is 0 Å². The molecular formula is C13H16FN3O3. The van der Waals surface area contributed by atoms with Crippen LogP contribution in [-0.4, -0.2) is 17.1 Å². The molecule has 0 aliphatic carbocycles. The molecule has 1 atom stereocenters. The van der Waals surface area contributed by atoms with Gasteiger partial charge in [0.1, 0.15) is 11.3 Å². The number of benzene rings is 1. The molecule has 6 nitrogen and oxygen atoms in total. The molecule has 1 aromatic carbocycles. The quantitative estimate of drug-likeness (QED) is 0.470. The lowest BCUT2D eigenvalue weighted by atomic mass is 9.94. The third kappa shape index (κ3) is 4.17. The topological polar surface area (TPSA) is 102 Å². The Hall–Kier alpha value is -2.20. The van der Waals surface area contributed by atoms with Gasteiger partial charge in [0.2, 0.25) is 5.82 Å². The zero-order valence-electron chi connectivity index (χ0n) is 11.1. The highest BCUT2D eigenvalue weighted by Gasteiger charge is 2.21. The molecular weight excluding hydrogens is 265 g/mol. The summed E-state index contributed by atoms with van der Waals surface area (Å²) in [5.74, 6) is -0.726. The number of nitro groups is 1. The maximum absolute atomic E-state index is 13.3. The van der Waals surface area contributed by atoms with Crippen molar-refractivity contribution in [1.82, 2.24) is 0 Å². The Morgan fingerprint density at radius 3 is 2.80 bits per heavy atom. The minimum Gasteiger partial charge on any atom is -0.493 e. The van der Waals surface area contributed by atoms with E-state index < -0.39 is 22.0 Å². The number of rotatable bonds is 7. The summed E-state index contributed by atoms with van der Waals surface area (Å²) < 4.78 is 18.6. The number of hydrogen-bond donors (Lipinski definition) is 1. The first-order valence-corrected chi connectivity index (χ1v) is 6.19. The van der Waals surface area contributed by atoms with Crippen molar-refractivity contribution in [1.29, 1.82) is 5.26 Å². The summed E-state index contributed by atoms with van der Waals surface area (Å²) in [4.78, 5) is 9.65. The first kappa shape index (κ1) is 15.9. The number of nitrogens with two attached hydrogens (primary N) is 1. The Morgan fingerprint density at radius 1 is 1.60 bits per heavy atom. The average Bonchev–Trinajstić information content (AvgIpc) is 2.43. The van der Waals surface area contributed by atoms with E-state index in [-0.39, 0.29) is 12.4 Å². The summed E-state index contributed by atoms with van der Waals surface area (Å²) in [7, 11) is 0. The van der Waals surface area contributed by atoms with Crippen LogP contribution in [0.25, 0.3) is 0 Å². The lowest BCUT2D eigenvalue weighted by molar-refractivity contribution is -0.387. The lowest BCUT2D eigenvalue weighted by Gasteiger charge is -2.18. The number of hydrogen-bond acceptors (Lipinski definition) is 5. The van der Waals surface area contributed by atoms with Gasteiger partial charge in [-0.2, -0.15) is 9.65 Å². The van der Waals surface area contributed by atoms with Gasteiger partial charge in [-0.25, -0.2) is 0 Å². The van der Waals surface area contributed by atoms with Crippen LogP contribution in [0.5, 0.6) is 5.75 Å². The summed E-state index contributed by atoms with van der Waals surface area (Å²) in [5, 5.41) is 19.3. The van der Waals surface area contributed by atoms with Crippen molar-refractivity contribution in [2.75, 3.05) is 6.61 Å². The molecule has 7 heteroatoms. The SMILES string of the molecule is CCC(N)(C#N)CCCOc1ccc([N+](=O)[O-])c(F)c1. The zero-order chi connectivity index (χ0) is 15.2. The van der Waals surface area contributed by atoms with Gasteiger partial charge in [0.15, 0.2) is 0 Å². The molecule has 20 heavy (non-hydrogen) atoms. The van der Waals surface area contributed by atoms with Crippen LogP contribution in [0.2, 0.25) is 0 Å². The van der Waals surface area contributed by atoms with Gasteiger partial charge in [0, 0.05) is 12.1 Å². The fraction of sp³-hybridized carbons (Fsp3) is 0.462. The molecule has 108 valence electrons. The van der Waals surface area contributed by atoms with Crippen LogP contribution in [0, 0.1) is 27.3 Å². The number of nitrogens with zero attached hydrogens (tertiary/aromatic N) is 2. The molecule has 0 aliphatic rings. The first-order chi connectivity index (χ1) is 9.41. The molecule has 0 amide bonds. The zero-order valence-corrected chi connectivity index (χ0v) is 11.1. The maximum Gasteiger partial charge on any atom is 0.305 e. The van der Waals surface area contributed by atoms with Gasteiger partial charge in [-0.15, -0.1) is 0 Å². The minimum atomic E-state index is -0.939. The molecule has 0 fully saturated rings. The second-order valence-corrected chi connectivity index (χ2v) is 4.44. The molecule has 0 spiro atoms. The summed E-state index contributed by atoms with van der Waals surface area (Å²) in [6, 6.07) is 5.40. The van der Waals surface area contributed by atoms with Crippen molar-refractivity contribution >= 4 is 5.69 Å². The number of nitro benzene ring substituents is 1. The molecule has 1 unspecified atom stereocenters. The van der Waals surface area contributed by atoms with Crippen molar-refractivity contribution in [2.45, 2.75) is 31.7 Å². The van der Waals surface area contributed by atoms with Crippen LogP contribution < -0.4 is 10.5 Å². The van der Waals surface area contributed by atoms with Crippen LogP contribution in [-0.2, 0) is 0 Å². The smallest absolute Gasteiger partial charge is 0.305 e. The van der Waals surface area contributed by atoms with Crippen LogP contribution >= 0.6 is 0 Å². The molecule has 0 saturated heterocycles. The van der Waals surface area contributed by atoms with Crippen molar-refractivity contribution in [3.8, 4) is 11.8 Å². The average molecular weight is 281 g/mol. The third-order valence-corrected chi connectivity index (χ3v) is 3.01. The van der Waals surface area contributed by atoms with E-state index in [1.807, 2.05) is 13.0 Å². The standard InChI is InChI=1S/C13H16FN3O3/c1-2-13(16,9-15)6-3-7-20-10-4-5-12(17(18)19)11(14)8-10/h4-5,8H,2-3,6-7,16H2,1H3. The van der Waals surface area contributed by atoms with E-state index in [4.69, 9.17) is 15.7 Å². The molecule has 0 bridgehead atoms. The van der Waals surface area contributed by atoms with E-state index in [1.54, 1.807) is 0 Å². The number of ether oxygens (including phenoxy) is 1. The van der Waals surface area contributed by atoms with E-state index in [9.17, 15) is 14.5 Å². The van der Waals surface area contributed by atoms with Gasteiger partial charge in [0.05, 0.1) is 17.6 Å². The fourth-order valence-electron chi connectivity index (χ4n) is 1.61. The summed E-state index contributed by atoms with van der Waals surface area (Å²) in [6.07, 6.45) is 1.54. The van der Waals surface area contributed by atoms with Crippen molar-refractivity contribution in [3.05, 3.63) is 34.1 Å². The Morgan fingerprint density at radius 2 is 2.30 bits per heavy atom. The largest absolute Gasteiger partial charge is 0.493 e. The lowest BCUT2D eigenvalue weighted by Crippen LogP contribution is -2.37. The first-order valence-electron chi connectivity index (χ1n) is 6.19. The summed E-state index contributed by atoms with van der Waals surface area (Å²) in [6.45, 7) is 2.09. The normalized spacial score (nSPS) is 13.3. The van der Waals surface area contributed by atoms with Gasteiger partial charge in [-0.05, 0) is 25.3 Å². The van der Waals surface area contributed by atoms with Crippen LogP contribution in [0.4, 0.5) is 10.1 Å². The molecule has 0 radical (unpaired) electrons. The van der Waals surface area contributed by atoms with E-state index in [0.717, 1.165) is 12.1 Å². The van der Waals surface area contributed by atoms with Gasteiger partial charge in [-0.1, -0.05) is 6.92 Å². The molecule has 0 aromatic heterocycles. The Kier molecular flexibility index (Phi) is 5.41. The van der Waals surface area contributed by atoms with E-state index >= 15 is 0 Å². The van der Waals surface area contributed by atoms with Gasteiger partial charge in [-0.3, -0.25) is 10.1 Å². The van der Waals surface area contributed by atoms with Crippen LogP contribution in [0.15, 0.2) is 18.2 Å². The predicted octanol–water partition coefficient (Wildman–Crippen LogP) is 2.52. The molecule has 2 N–H and O–H groups in total. The van der Waals surface area contributed by atoms with Gasteiger partial charge in [0.25, 0.3) is 0 Å². The van der Waals surface area contributed by atoms with Crippen LogP contribution in [0.1, 0.15) is 26.2 Å². The number of nitriles is 1. The number of halogens is 1. The van der Waals surface area contributed by atoms with E-state index in [0.29, 0.717) is 19.3 Å². The predicted molar refractivity (Wildman–Crippen MR) is 70.6 cm³/mol. The Labute approximate surface area is 116 Å². The van der Waals surface area contributed by atoms with E-state index in [1.165, 1.54) is 6.07 Å². The Balaban J connectivity index is 2.50. The van der Waals surface area contributed by atoms with Crippen molar-refractivity contribution in [3.63, 3.8) is 0 Å². The van der Waals surface area contributed by atoms with Crippen molar-refractivity contribution in [2.24, 2.45) is 5.73 Å². The minimum absolute atomic E-state index is 0.212. The van der Waals surface area contributed by atoms with Gasteiger partial charge >= 0.3 is 5.69 Å². The maximum atomic E-state index is 13.3. The highest BCUT2D eigenvalue weighted by atomic mass is 19.1. The monoisotopic (exact) mass is 281 g/mol. The molecule has 1 aromatic rings. The highest BCUT2D eigenvalue weighted by Crippen LogP contribution is 2.22. The van der Waals surface area contributed by atoms with Gasteiger partial charge < -0.3 is 10.5 Å². The fourth-order valence-corrected chi connectivity index (χ4v) is 1.61. The second-order valence-electron chi connectivity index (χ2n) is 4.44. The second kappa shape index (κ2) is 6.82. The summed E-state index contributed by atoms with van der Waals surface area (Å²) >= 11 is 0. The summed E-state index contributed by atoms with van der Waals surface area (Å²) in [5.41, 5.74) is 4.34. The molecule has 0 heterocycles. The molecule has 1 rings (SSSR count). The van der Waals surface area contributed by atoms with Crippen molar-refractivity contribution < 1.29 is 14.1 Å². The molecule has 0 saturated carbocycles.